The highest BCUT2D eigenvalue weighted by Gasteiger charge is 2.51. The van der Waals surface area contributed by atoms with Crippen LogP contribution in [0.5, 0.6) is 0 Å². The molecule has 106 valence electrons. The lowest BCUT2D eigenvalue weighted by molar-refractivity contribution is 0.00578. The van der Waals surface area contributed by atoms with Gasteiger partial charge in [0.2, 0.25) is 0 Å². The first kappa shape index (κ1) is 14.9. The molecular weight excluding hydrogens is 255 g/mol. The van der Waals surface area contributed by atoms with Gasteiger partial charge in [-0.25, -0.2) is 0 Å². The number of nitrogens with zero attached hydrogens (tertiary/aromatic N) is 3. The fourth-order valence-electron chi connectivity index (χ4n) is 2.04. The van der Waals surface area contributed by atoms with Crippen LogP contribution in [0.4, 0.5) is 5.69 Å². The van der Waals surface area contributed by atoms with Crippen molar-refractivity contribution in [2.75, 3.05) is 0 Å². The molecule has 0 spiro atoms. The van der Waals surface area contributed by atoms with Crippen LogP contribution in [0.1, 0.15) is 33.3 Å². The van der Waals surface area contributed by atoms with Gasteiger partial charge in [0.1, 0.15) is 0 Å². The molecule has 2 N–H and O–H groups in total. The number of nitrogens with two attached hydrogens (primary N) is 1. The lowest BCUT2D eigenvalue weighted by Gasteiger charge is -2.32. The monoisotopic (exact) mass is 274 g/mol. The van der Waals surface area contributed by atoms with Crippen molar-refractivity contribution in [3.8, 4) is 0 Å². The van der Waals surface area contributed by atoms with E-state index in [-0.39, 0.29) is 0 Å². The third-order valence-corrected chi connectivity index (χ3v) is 3.92. The summed E-state index contributed by atoms with van der Waals surface area (Å²) >= 11 is 0. The number of hydrogen-bond donors (Lipinski definition) is 1. The van der Waals surface area contributed by atoms with Crippen molar-refractivity contribution in [1.29, 1.82) is 0 Å². The molecular formula is C13H19BN4O2. The van der Waals surface area contributed by atoms with Crippen molar-refractivity contribution in [3.05, 3.63) is 34.2 Å². The van der Waals surface area contributed by atoms with Crippen molar-refractivity contribution in [3.63, 3.8) is 0 Å². The second-order valence-corrected chi connectivity index (χ2v) is 5.91. The van der Waals surface area contributed by atoms with Gasteiger partial charge < -0.3 is 15.0 Å². The summed E-state index contributed by atoms with van der Waals surface area (Å²) in [5.74, 6) is 0. The van der Waals surface area contributed by atoms with E-state index in [0.29, 0.717) is 12.2 Å². The Kier molecular flexibility index (Phi) is 3.80. The van der Waals surface area contributed by atoms with Gasteiger partial charge in [0.05, 0.1) is 11.2 Å². The molecule has 2 rings (SSSR count). The molecule has 1 saturated heterocycles. The maximum Gasteiger partial charge on any atom is 0.494 e. The topological polar surface area (TPSA) is 93.2 Å². The normalized spacial score (nSPS) is 19.8. The summed E-state index contributed by atoms with van der Waals surface area (Å²) in [6.45, 7) is 8.34. The largest absolute Gasteiger partial charge is 0.494 e. The zero-order chi connectivity index (χ0) is 15.0. The second-order valence-electron chi connectivity index (χ2n) is 5.91. The summed E-state index contributed by atoms with van der Waals surface area (Å²) in [6.07, 6.45) is 0. The minimum absolute atomic E-state index is 0.362. The molecule has 0 aromatic heterocycles. The minimum atomic E-state index is -0.487. The van der Waals surface area contributed by atoms with Gasteiger partial charge in [-0.15, -0.1) is 0 Å². The fourth-order valence-corrected chi connectivity index (χ4v) is 2.04. The first-order valence-electron chi connectivity index (χ1n) is 6.54. The van der Waals surface area contributed by atoms with Gasteiger partial charge in [-0.2, -0.15) is 0 Å². The van der Waals surface area contributed by atoms with Gasteiger partial charge in [0, 0.05) is 17.1 Å². The summed E-state index contributed by atoms with van der Waals surface area (Å²) in [4.78, 5) is 2.81. The van der Waals surface area contributed by atoms with Crippen molar-refractivity contribution >= 4 is 18.3 Å². The van der Waals surface area contributed by atoms with E-state index < -0.39 is 18.3 Å². The number of benzene rings is 1. The van der Waals surface area contributed by atoms with Crippen LogP contribution in [0.2, 0.25) is 0 Å². The highest BCUT2D eigenvalue weighted by atomic mass is 16.7. The molecule has 1 aliphatic heterocycles. The van der Waals surface area contributed by atoms with Gasteiger partial charge in [-0.1, -0.05) is 17.2 Å². The Hall–Kier alpha value is -1.53. The molecule has 20 heavy (non-hydrogen) atoms. The molecule has 0 amide bonds. The van der Waals surface area contributed by atoms with E-state index in [1.54, 1.807) is 12.1 Å². The molecule has 7 heteroatoms. The molecule has 0 radical (unpaired) electrons. The first-order chi connectivity index (χ1) is 9.29. The molecule has 0 aliphatic carbocycles. The first-order valence-corrected chi connectivity index (χ1v) is 6.54. The highest BCUT2D eigenvalue weighted by Crippen LogP contribution is 2.36. The van der Waals surface area contributed by atoms with Crippen LogP contribution in [0.3, 0.4) is 0 Å². The van der Waals surface area contributed by atoms with Gasteiger partial charge >= 0.3 is 7.12 Å². The average molecular weight is 274 g/mol. The van der Waals surface area contributed by atoms with Crippen LogP contribution in [-0.2, 0) is 15.9 Å². The van der Waals surface area contributed by atoms with Gasteiger partial charge in [0.25, 0.3) is 0 Å². The van der Waals surface area contributed by atoms with E-state index in [1.807, 2.05) is 33.8 Å². The molecule has 0 unspecified atom stereocenters. The maximum atomic E-state index is 8.57. The molecule has 1 aliphatic rings. The fraction of sp³-hybridized carbons (Fsp3) is 0.538. The Morgan fingerprint density at radius 2 is 1.80 bits per heavy atom. The molecule has 1 aromatic rings. The molecule has 0 bridgehead atoms. The predicted molar refractivity (Wildman–Crippen MR) is 78.9 cm³/mol. The van der Waals surface area contributed by atoms with E-state index in [2.05, 4.69) is 10.0 Å². The Balaban J connectivity index is 2.39. The van der Waals surface area contributed by atoms with E-state index in [9.17, 15) is 0 Å². The van der Waals surface area contributed by atoms with Crippen molar-refractivity contribution in [2.45, 2.75) is 45.4 Å². The van der Waals surface area contributed by atoms with Crippen LogP contribution in [-0.4, -0.2) is 18.3 Å². The number of hydrogen-bond acceptors (Lipinski definition) is 4. The van der Waals surface area contributed by atoms with Crippen LogP contribution < -0.4 is 11.2 Å². The van der Waals surface area contributed by atoms with Gasteiger partial charge in [0.15, 0.2) is 0 Å². The zero-order valence-corrected chi connectivity index (χ0v) is 12.3. The highest BCUT2D eigenvalue weighted by molar-refractivity contribution is 6.62. The summed E-state index contributed by atoms with van der Waals surface area (Å²) < 4.78 is 12.0. The minimum Gasteiger partial charge on any atom is -0.399 e. The van der Waals surface area contributed by atoms with Crippen molar-refractivity contribution in [2.24, 2.45) is 10.8 Å². The Morgan fingerprint density at radius 1 is 1.20 bits per heavy atom. The van der Waals surface area contributed by atoms with E-state index in [0.717, 1.165) is 11.0 Å². The van der Waals surface area contributed by atoms with E-state index in [4.69, 9.17) is 20.6 Å². The summed E-state index contributed by atoms with van der Waals surface area (Å²) in [5.41, 5.74) is 15.6. The molecule has 0 saturated carbocycles. The number of rotatable bonds is 3. The molecule has 6 nitrogen and oxygen atoms in total. The summed E-state index contributed by atoms with van der Waals surface area (Å²) in [5, 5.41) is 3.63. The molecule has 1 fully saturated rings. The van der Waals surface area contributed by atoms with Gasteiger partial charge in [-0.05, 0) is 50.3 Å². The Morgan fingerprint density at radius 3 is 2.30 bits per heavy atom. The van der Waals surface area contributed by atoms with E-state index >= 15 is 0 Å². The van der Waals surface area contributed by atoms with Crippen LogP contribution in [0, 0.1) is 0 Å². The Labute approximate surface area is 119 Å². The van der Waals surface area contributed by atoms with Gasteiger partial charge in [-0.3, -0.25) is 0 Å². The van der Waals surface area contributed by atoms with Crippen molar-refractivity contribution in [1.82, 2.24) is 0 Å². The SMILES string of the molecule is CC1(C)OB(c2cc(CN)cc(N=[N+]=[N-])c2)OC1(C)C. The quantitative estimate of drug-likeness (QED) is 0.397. The van der Waals surface area contributed by atoms with Crippen LogP contribution in [0.15, 0.2) is 23.3 Å². The number of azide groups is 1. The molecule has 1 heterocycles. The maximum absolute atomic E-state index is 8.57. The average Bonchev–Trinajstić information content (AvgIpc) is 2.58. The van der Waals surface area contributed by atoms with Crippen molar-refractivity contribution < 1.29 is 9.31 Å². The lowest BCUT2D eigenvalue weighted by Crippen LogP contribution is -2.41. The Bertz CT molecular complexity index is 551. The van der Waals surface area contributed by atoms with E-state index in [1.165, 1.54) is 0 Å². The third-order valence-electron chi connectivity index (χ3n) is 3.92. The van der Waals surface area contributed by atoms with Crippen LogP contribution >= 0.6 is 0 Å². The molecule has 1 aromatic carbocycles. The third kappa shape index (κ3) is 2.67. The predicted octanol–water partition coefficient (Wildman–Crippen LogP) is 2.39. The summed E-state index contributed by atoms with van der Waals surface area (Å²) in [6, 6.07) is 5.44. The lowest BCUT2D eigenvalue weighted by atomic mass is 9.78. The standard InChI is InChI=1S/C13H19BN4O2/c1-12(2)13(3,4)20-14(19-12)10-5-9(8-15)6-11(7-10)17-18-16/h5-7H,8,15H2,1-4H3. The zero-order valence-electron chi connectivity index (χ0n) is 12.3. The smallest absolute Gasteiger partial charge is 0.399 e. The summed E-state index contributed by atoms with van der Waals surface area (Å²) in [7, 11) is -0.487. The second kappa shape index (κ2) is 5.11. The van der Waals surface area contributed by atoms with Crippen LogP contribution in [0.25, 0.3) is 10.4 Å². The molecule has 0 atom stereocenters.